The highest BCUT2D eigenvalue weighted by Crippen LogP contribution is 2.43. The summed E-state index contributed by atoms with van der Waals surface area (Å²) in [5.74, 6) is 0.760. The highest BCUT2D eigenvalue weighted by atomic mass is 16.1. The van der Waals surface area contributed by atoms with Gasteiger partial charge in [0.1, 0.15) is 5.78 Å². The molecule has 0 aromatic rings. The van der Waals surface area contributed by atoms with E-state index < -0.39 is 0 Å². The lowest BCUT2D eigenvalue weighted by atomic mass is 9.63. The van der Waals surface area contributed by atoms with Gasteiger partial charge in [0.25, 0.3) is 0 Å². The third-order valence-corrected chi connectivity index (χ3v) is 3.47. The number of carbonyl (C=O) groups excluding carboxylic acids is 2. The number of rotatable bonds is 0. The largest absolute Gasteiger partial charge is 0.299 e. The van der Waals surface area contributed by atoms with Gasteiger partial charge in [-0.05, 0) is 31.8 Å². The van der Waals surface area contributed by atoms with Gasteiger partial charge in [0.15, 0.2) is 5.78 Å². The van der Waals surface area contributed by atoms with Crippen molar-refractivity contribution in [1.29, 1.82) is 0 Å². The summed E-state index contributed by atoms with van der Waals surface area (Å²) >= 11 is 0. The van der Waals surface area contributed by atoms with Crippen molar-refractivity contribution in [1.82, 2.24) is 0 Å². The molecule has 2 aliphatic rings. The quantitative estimate of drug-likeness (QED) is 0.567. The molecular formula is C11H14O2. The average Bonchev–Trinajstić information content (AvgIpc) is 2.09. The maximum Gasteiger partial charge on any atom is 0.155 e. The molecule has 0 saturated heterocycles. The molecule has 1 fully saturated rings. The van der Waals surface area contributed by atoms with Gasteiger partial charge in [-0.15, -0.1) is 0 Å². The Hall–Kier alpha value is -0.920. The first kappa shape index (κ1) is 8.67. The molecule has 2 heteroatoms. The third-order valence-electron chi connectivity index (χ3n) is 3.47. The summed E-state index contributed by atoms with van der Waals surface area (Å²) in [7, 11) is 0. The molecule has 0 spiro atoms. The van der Waals surface area contributed by atoms with Crippen LogP contribution >= 0.6 is 0 Å². The first-order valence-electron chi connectivity index (χ1n) is 4.88. The Labute approximate surface area is 78.0 Å². The van der Waals surface area contributed by atoms with Crippen LogP contribution in [0.25, 0.3) is 0 Å². The SMILES string of the molecule is CC12C=CC(=O)CC1CCCC2=O. The molecule has 0 amide bonds. The van der Waals surface area contributed by atoms with Crippen molar-refractivity contribution in [3.8, 4) is 0 Å². The van der Waals surface area contributed by atoms with Crippen LogP contribution < -0.4 is 0 Å². The maximum atomic E-state index is 11.7. The molecule has 2 rings (SSSR count). The van der Waals surface area contributed by atoms with Gasteiger partial charge in [0, 0.05) is 18.3 Å². The van der Waals surface area contributed by atoms with Crippen molar-refractivity contribution in [3.63, 3.8) is 0 Å². The van der Waals surface area contributed by atoms with Crippen LogP contribution in [0.15, 0.2) is 12.2 Å². The number of allylic oxidation sites excluding steroid dienone is 2. The fraction of sp³-hybridized carbons (Fsp3) is 0.636. The minimum Gasteiger partial charge on any atom is -0.299 e. The van der Waals surface area contributed by atoms with Crippen molar-refractivity contribution in [2.24, 2.45) is 11.3 Å². The van der Waals surface area contributed by atoms with Gasteiger partial charge < -0.3 is 0 Å². The van der Waals surface area contributed by atoms with Crippen LogP contribution in [-0.2, 0) is 9.59 Å². The molecule has 2 aliphatic carbocycles. The zero-order valence-corrected chi connectivity index (χ0v) is 7.88. The first-order chi connectivity index (χ1) is 6.13. The minimum atomic E-state index is -0.327. The van der Waals surface area contributed by atoms with E-state index in [1.54, 1.807) is 6.08 Å². The molecule has 0 N–H and O–H groups in total. The van der Waals surface area contributed by atoms with Crippen LogP contribution in [-0.4, -0.2) is 11.6 Å². The number of ketones is 2. The number of hydrogen-bond acceptors (Lipinski definition) is 2. The first-order valence-corrected chi connectivity index (χ1v) is 4.88. The molecule has 13 heavy (non-hydrogen) atoms. The van der Waals surface area contributed by atoms with E-state index in [-0.39, 0.29) is 17.1 Å². The average molecular weight is 178 g/mol. The highest BCUT2D eigenvalue weighted by Gasteiger charge is 2.43. The summed E-state index contributed by atoms with van der Waals surface area (Å²) in [5, 5.41) is 0. The molecule has 0 aromatic heterocycles. The third kappa shape index (κ3) is 1.25. The van der Waals surface area contributed by atoms with Gasteiger partial charge in [0.2, 0.25) is 0 Å². The van der Waals surface area contributed by atoms with Crippen molar-refractivity contribution >= 4 is 11.6 Å². The Morgan fingerprint density at radius 1 is 1.46 bits per heavy atom. The Morgan fingerprint density at radius 3 is 3.00 bits per heavy atom. The highest BCUT2D eigenvalue weighted by molar-refractivity contribution is 5.96. The standard InChI is InChI=1S/C11H14O2/c1-11-6-5-9(12)7-8(11)3-2-4-10(11)13/h5-6,8H,2-4,7H2,1H3. The maximum absolute atomic E-state index is 11.7. The number of carbonyl (C=O) groups is 2. The van der Waals surface area contributed by atoms with E-state index in [4.69, 9.17) is 0 Å². The van der Waals surface area contributed by atoms with Crippen molar-refractivity contribution in [2.75, 3.05) is 0 Å². The second kappa shape index (κ2) is 2.79. The second-order valence-corrected chi connectivity index (χ2v) is 4.30. The number of fused-ring (bicyclic) bond motifs is 1. The van der Waals surface area contributed by atoms with E-state index >= 15 is 0 Å². The minimum absolute atomic E-state index is 0.178. The predicted octanol–water partition coefficient (Wildman–Crippen LogP) is 1.89. The van der Waals surface area contributed by atoms with Gasteiger partial charge in [0.05, 0.1) is 0 Å². The molecule has 0 radical (unpaired) electrons. The predicted molar refractivity (Wildman–Crippen MR) is 49.2 cm³/mol. The van der Waals surface area contributed by atoms with E-state index in [0.717, 1.165) is 12.8 Å². The van der Waals surface area contributed by atoms with Crippen LogP contribution in [0.5, 0.6) is 0 Å². The Bertz CT molecular complexity index is 290. The molecule has 2 nitrogen and oxygen atoms in total. The van der Waals surface area contributed by atoms with Crippen molar-refractivity contribution in [3.05, 3.63) is 12.2 Å². The summed E-state index contributed by atoms with van der Waals surface area (Å²) < 4.78 is 0. The lowest BCUT2D eigenvalue weighted by Crippen LogP contribution is -2.40. The Kier molecular flexibility index (Phi) is 1.86. The molecule has 0 aliphatic heterocycles. The normalized spacial score (nSPS) is 39.0. The van der Waals surface area contributed by atoms with E-state index in [0.29, 0.717) is 18.6 Å². The van der Waals surface area contributed by atoms with Gasteiger partial charge in [-0.1, -0.05) is 6.08 Å². The fourth-order valence-electron chi connectivity index (χ4n) is 2.43. The van der Waals surface area contributed by atoms with Crippen LogP contribution in [0.4, 0.5) is 0 Å². The molecule has 70 valence electrons. The van der Waals surface area contributed by atoms with Gasteiger partial charge >= 0.3 is 0 Å². The number of Topliss-reactive ketones (excluding diaryl/α,β-unsaturated/α-hetero) is 1. The Balaban J connectivity index is 2.35. The summed E-state index contributed by atoms with van der Waals surface area (Å²) in [6, 6.07) is 0. The zero-order valence-electron chi connectivity index (χ0n) is 7.88. The zero-order chi connectivity index (χ0) is 9.47. The summed E-state index contributed by atoms with van der Waals surface area (Å²) in [4.78, 5) is 22.9. The summed E-state index contributed by atoms with van der Waals surface area (Å²) in [6.45, 7) is 1.97. The smallest absolute Gasteiger partial charge is 0.155 e. The van der Waals surface area contributed by atoms with Crippen LogP contribution in [0.1, 0.15) is 32.6 Å². The lowest BCUT2D eigenvalue weighted by Gasteiger charge is -2.39. The van der Waals surface area contributed by atoms with Crippen molar-refractivity contribution < 1.29 is 9.59 Å². The fourth-order valence-corrected chi connectivity index (χ4v) is 2.43. The molecule has 0 heterocycles. The van der Waals surface area contributed by atoms with E-state index in [1.165, 1.54) is 0 Å². The lowest BCUT2D eigenvalue weighted by molar-refractivity contribution is -0.132. The molecule has 2 atom stereocenters. The van der Waals surface area contributed by atoms with E-state index in [9.17, 15) is 9.59 Å². The topological polar surface area (TPSA) is 34.1 Å². The van der Waals surface area contributed by atoms with Gasteiger partial charge in [-0.2, -0.15) is 0 Å². The molecule has 2 unspecified atom stereocenters. The summed E-state index contributed by atoms with van der Waals surface area (Å²) in [5.41, 5.74) is -0.327. The monoisotopic (exact) mass is 178 g/mol. The molecule has 0 aromatic carbocycles. The van der Waals surface area contributed by atoms with Crippen molar-refractivity contribution in [2.45, 2.75) is 32.6 Å². The van der Waals surface area contributed by atoms with Crippen LogP contribution in [0.2, 0.25) is 0 Å². The van der Waals surface area contributed by atoms with E-state index in [1.807, 2.05) is 13.0 Å². The van der Waals surface area contributed by atoms with E-state index in [2.05, 4.69) is 0 Å². The molecular weight excluding hydrogens is 164 g/mol. The molecule has 0 bridgehead atoms. The summed E-state index contributed by atoms with van der Waals surface area (Å²) in [6.07, 6.45) is 6.65. The van der Waals surface area contributed by atoms with Gasteiger partial charge in [-0.3, -0.25) is 9.59 Å². The van der Waals surface area contributed by atoms with Crippen LogP contribution in [0, 0.1) is 11.3 Å². The number of hydrogen-bond donors (Lipinski definition) is 0. The Morgan fingerprint density at radius 2 is 2.23 bits per heavy atom. The van der Waals surface area contributed by atoms with Gasteiger partial charge in [-0.25, -0.2) is 0 Å². The second-order valence-electron chi connectivity index (χ2n) is 4.30. The molecule has 1 saturated carbocycles. The van der Waals surface area contributed by atoms with Crippen LogP contribution in [0.3, 0.4) is 0 Å².